The second-order valence-electron chi connectivity index (χ2n) is 6.80. The number of nitrogens with two attached hydrogens (primary N) is 1. The molecule has 0 radical (unpaired) electrons. The Morgan fingerprint density at radius 3 is 2.41 bits per heavy atom. The molecule has 4 rings (SSSR count). The lowest BCUT2D eigenvalue weighted by Crippen LogP contribution is -2.27. The number of primary amides is 1. The number of carbonyl (C=O) groups excluding carboxylic acids is 2. The van der Waals surface area contributed by atoms with Crippen molar-refractivity contribution in [3.63, 3.8) is 0 Å². The first kappa shape index (κ1) is 18.4. The first-order chi connectivity index (χ1) is 13.9. The van der Waals surface area contributed by atoms with E-state index < -0.39 is 5.91 Å². The van der Waals surface area contributed by atoms with Crippen molar-refractivity contribution >= 4 is 23.1 Å². The fourth-order valence-corrected chi connectivity index (χ4v) is 3.11. The fraction of sp³-hybridized carbons (Fsp3) is 0.0909. The van der Waals surface area contributed by atoms with Gasteiger partial charge in [0.25, 0.3) is 5.91 Å². The molecule has 0 aliphatic heterocycles. The molecule has 0 saturated heterocycles. The molecule has 2 N–H and O–H groups in total. The highest BCUT2D eigenvalue weighted by Crippen LogP contribution is 2.26. The number of benzene rings is 1. The van der Waals surface area contributed by atoms with E-state index in [1.54, 1.807) is 54.4 Å². The summed E-state index contributed by atoms with van der Waals surface area (Å²) < 4.78 is 1.71. The van der Waals surface area contributed by atoms with Gasteiger partial charge in [-0.15, -0.1) is 0 Å². The summed E-state index contributed by atoms with van der Waals surface area (Å²) in [6.45, 7) is 1.95. The van der Waals surface area contributed by atoms with Crippen LogP contribution in [0.4, 0.5) is 5.82 Å². The van der Waals surface area contributed by atoms with Gasteiger partial charge in [0.2, 0.25) is 5.91 Å². The number of anilines is 1. The molecule has 0 fully saturated rings. The van der Waals surface area contributed by atoms with Gasteiger partial charge in [-0.2, -0.15) is 5.10 Å². The van der Waals surface area contributed by atoms with Crippen molar-refractivity contribution in [2.45, 2.75) is 6.92 Å². The molecule has 0 aliphatic carbocycles. The first-order valence-corrected chi connectivity index (χ1v) is 9.02. The van der Waals surface area contributed by atoms with Crippen LogP contribution in [-0.2, 0) is 0 Å². The molecular weight excluding hydrogens is 366 g/mol. The minimum atomic E-state index is -0.475. The van der Waals surface area contributed by atoms with Gasteiger partial charge in [0.1, 0.15) is 5.82 Å². The summed E-state index contributed by atoms with van der Waals surface area (Å²) in [7, 11) is 1.70. The monoisotopic (exact) mass is 385 g/mol. The SMILES string of the molecule is Cc1ccc(N(C)C(=O)c2ccn3ncc(-c4ccc(C(N)=O)cc4)c3c2)nc1. The predicted octanol–water partition coefficient (Wildman–Crippen LogP) is 3.08. The third kappa shape index (κ3) is 3.45. The lowest BCUT2D eigenvalue weighted by Gasteiger charge is -2.16. The lowest BCUT2D eigenvalue weighted by molar-refractivity contribution is 0.0987. The molecule has 2 amide bonds. The molecule has 3 heterocycles. The third-order valence-corrected chi connectivity index (χ3v) is 4.79. The van der Waals surface area contributed by atoms with E-state index in [2.05, 4.69) is 10.1 Å². The van der Waals surface area contributed by atoms with Gasteiger partial charge in [-0.25, -0.2) is 9.50 Å². The zero-order valence-electron chi connectivity index (χ0n) is 16.0. The highest BCUT2D eigenvalue weighted by molar-refractivity contribution is 6.06. The molecule has 29 heavy (non-hydrogen) atoms. The molecule has 0 saturated carbocycles. The quantitative estimate of drug-likeness (QED) is 0.584. The highest BCUT2D eigenvalue weighted by atomic mass is 16.2. The Labute approximate surface area is 167 Å². The maximum absolute atomic E-state index is 13.0. The number of aromatic nitrogens is 3. The maximum atomic E-state index is 13.0. The molecule has 3 aromatic heterocycles. The summed E-state index contributed by atoms with van der Waals surface area (Å²) in [5, 5.41) is 4.35. The number of hydrogen-bond donors (Lipinski definition) is 1. The molecule has 0 aliphatic rings. The van der Waals surface area contributed by atoms with Crippen molar-refractivity contribution in [3.8, 4) is 11.1 Å². The molecule has 7 nitrogen and oxygen atoms in total. The normalized spacial score (nSPS) is 10.8. The van der Waals surface area contributed by atoms with E-state index in [9.17, 15) is 9.59 Å². The van der Waals surface area contributed by atoms with Crippen molar-refractivity contribution in [1.29, 1.82) is 0 Å². The number of nitrogens with zero attached hydrogens (tertiary/aromatic N) is 4. The smallest absolute Gasteiger partial charge is 0.259 e. The number of fused-ring (bicyclic) bond motifs is 1. The van der Waals surface area contributed by atoms with E-state index in [1.807, 2.05) is 31.2 Å². The van der Waals surface area contributed by atoms with Gasteiger partial charge < -0.3 is 5.73 Å². The van der Waals surface area contributed by atoms with E-state index in [0.29, 0.717) is 16.9 Å². The minimum Gasteiger partial charge on any atom is -0.366 e. The molecule has 0 atom stereocenters. The van der Waals surface area contributed by atoms with Gasteiger partial charge in [-0.3, -0.25) is 14.5 Å². The van der Waals surface area contributed by atoms with Crippen molar-refractivity contribution in [1.82, 2.24) is 14.6 Å². The first-order valence-electron chi connectivity index (χ1n) is 9.02. The lowest BCUT2D eigenvalue weighted by atomic mass is 10.0. The van der Waals surface area contributed by atoms with E-state index in [0.717, 1.165) is 22.2 Å². The van der Waals surface area contributed by atoms with Crippen LogP contribution in [0.25, 0.3) is 16.6 Å². The largest absolute Gasteiger partial charge is 0.366 e. The molecule has 0 spiro atoms. The maximum Gasteiger partial charge on any atom is 0.259 e. The van der Waals surface area contributed by atoms with E-state index >= 15 is 0 Å². The molecule has 144 valence electrons. The van der Waals surface area contributed by atoms with Crippen LogP contribution in [0.1, 0.15) is 26.3 Å². The molecule has 0 unspecified atom stereocenters. The van der Waals surface area contributed by atoms with E-state index in [-0.39, 0.29) is 5.91 Å². The number of amides is 2. The van der Waals surface area contributed by atoms with Crippen LogP contribution in [0.5, 0.6) is 0 Å². The summed E-state index contributed by atoms with van der Waals surface area (Å²) in [6, 6.07) is 14.2. The van der Waals surface area contributed by atoms with E-state index in [4.69, 9.17) is 5.73 Å². The molecule has 1 aromatic carbocycles. The Balaban J connectivity index is 1.70. The summed E-state index contributed by atoms with van der Waals surface area (Å²) in [5.74, 6) is -0.0617. The second-order valence-corrected chi connectivity index (χ2v) is 6.80. The van der Waals surface area contributed by atoms with Crippen molar-refractivity contribution < 1.29 is 9.59 Å². The van der Waals surface area contributed by atoms with Crippen molar-refractivity contribution in [2.24, 2.45) is 5.73 Å². The number of carbonyl (C=O) groups is 2. The van der Waals surface area contributed by atoms with Crippen molar-refractivity contribution in [3.05, 3.63) is 83.8 Å². The topological polar surface area (TPSA) is 93.6 Å². The Hall–Kier alpha value is -4.00. The van der Waals surface area contributed by atoms with Gasteiger partial charge in [-0.05, 0) is 48.4 Å². The zero-order valence-corrected chi connectivity index (χ0v) is 16.0. The van der Waals surface area contributed by atoms with Crippen LogP contribution in [0.15, 0.2) is 67.1 Å². The van der Waals surface area contributed by atoms with Gasteiger partial charge in [-0.1, -0.05) is 18.2 Å². The average molecular weight is 385 g/mol. The van der Waals surface area contributed by atoms with Gasteiger partial charge in [0.15, 0.2) is 0 Å². The van der Waals surface area contributed by atoms with Crippen molar-refractivity contribution in [2.75, 3.05) is 11.9 Å². The average Bonchev–Trinajstić information content (AvgIpc) is 3.16. The van der Waals surface area contributed by atoms with Crippen LogP contribution in [0, 0.1) is 6.92 Å². The van der Waals surface area contributed by atoms with E-state index in [1.165, 1.54) is 4.90 Å². The Morgan fingerprint density at radius 1 is 1.00 bits per heavy atom. The summed E-state index contributed by atoms with van der Waals surface area (Å²) in [4.78, 5) is 30.1. The van der Waals surface area contributed by atoms with Gasteiger partial charge in [0, 0.05) is 36.1 Å². The predicted molar refractivity (Wildman–Crippen MR) is 111 cm³/mol. The van der Waals surface area contributed by atoms with Crippen LogP contribution in [0.2, 0.25) is 0 Å². The minimum absolute atomic E-state index is 0.167. The second kappa shape index (κ2) is 7.20. The molecule has 0 bridgehead atoms. The van der Waals surface area contributed by atoms with Crippen LogP contribution >= 0.6 is 0 Å². The Bertz CT molecular complexity index is 1210. The van der Waals surface area contributed by atoms with Crippen LogP contribution in [-0.4, -0.2) is 33.5 Å². The standard InChI is InChI=1S/C22H19N5O2/c1-14-3-8-20(24-12-14)26(2)22(29)17-9-10-27-19(11-17)18(13-25-27)15-4-6-16(7-5-15)21(23)28/h3-13H,1-2H3,(H2,23,28). The van der Waals surface area contributed by atoms with Gasteiger partial charge in [0.05, 0.1) is 11.7 Å². The third-order valence-electron chi connectivity index (χ3n) is 4.79. The molecule has 7 heteroatoms. The van der Waals surface area contributed by atoms with Crippen LogP contribution < -0.4 is 10.6 Å². The summed E-state index contributed by atoms with van der Waals surface area (Å²) in [5.41, 5.74) is 9.82. The number of pyridine rings is 2. The Morgan fingerprint density at radius 2 is 1.76 bits per heavy atom. The highest BCUT2D eigenvalue weighted by Gasteiger charge is 2.17. The molecular formula is C22H19N5O2. The molecule has 4 aromatic rings. The number of aryl methyl sites for hydroxylation is 1. The van der Waals surface area contributed by atoms with Gasteiger partial charge >= 0.3 is 0 Å². The number of hydrogen-bond acceptors (Lipinski definition) is 4. The summed E-state index contributed by atoms with van der Waals surface area (Å²) in [6.07, 6.45) is 5.21. The number of rotatable bonds is 4. The zero-order chi connectivity index (χ0) is 20.5. The Kier molecular flexibility index (Phi) is 4.56. The summed E-state index contributed by atoms with van der Waals surface area (Å²) >= 11 is 0. The van der Waals surface area contributed by atoms with Crippen LogP contribution in [0.3, 0.4) is 0 Å². The fourth-order valence-electron chi connectivity index (χ4n) is 3.11.